The Morgan fingerprint density at radius 2 is 1.84 bits per heavy atom. The van der Waals surface area contributed by atoms with Gasteiger partial charge >= 0.3 is 5.97 Å². The van der Waals surface area contributed by atoms with Crippen molar-refractivity contribution >= 4 is 5.97 Å². The molecule has 0 saturated heterocycles. The van der Waals surface area contributed by atoms with Gasteiger partial charge in [0.25, 0.3) is 0 Å². The zero-order valence-corrected chi connectivity index (χ0v) is 21.4. The van der Waals surface area contributed by atoms with Gasteiger partial charge in [0.05, 0.1) is 0 Å². The van der Waals surface area contributed by atoms with Gasteiger partial charge in [0, 0.05) is 18.8 Å². The molecular formula is C30H44O2. The van der Waals surface area contributed by atoms with E-state index in [9.17, 15) is 4.79 Å². The van der Waals surface area contributed by atoms with Crippen molar-refractivity contribution in [1.82, 2.24) is 0 Å². The molecule has 2 heteroatoms. The summed E-state index contributed by atoms with van der Waals surface area (Å²) in [6.07, 6.45) is 19.2. The SMILES string of the molecule is CC(=O)OC1CCC2(C)C(=CC=C3C2=CCC2(C)C3CCC2C(C)/C=C\C(C)C(C)C)C1. The summed E-state index contributed by atoms with van der Waals surface area (Å²) in [5, 5.41) is 0. The lowest BCUT2D eigenvalue weighted by atomic mass is 9.54. The third-order valence-corrected chi connectivity index (χ3v) is 9.76. The second kappa shape index (κ2) is 8.65. The number of rotatable bonds is 5. The number of carbonyl (C=O) groups excluding carboxylic acids is 1. The highest BCUT2D eigenvalue weighted by Crippen LogP contribution is 2.64. The van der Waals surface area contributed by atoms with Crippen LogP contribution in [0.1, 0.15) is 87.0 Å². The minimum Gasteiger partial charge on any atom is -0.462 e. The van der Waals surface area contributed by atoms with Crippen molar-refractivity contribution in [1.29, 1.82) is 0 Å². The fourth-order valence-electron chi connectivity index (χ4n) is 7.28. The molecule has 2 saturated carbocycles. The van der Waals surface area contributed by atoms with Crippen molar-refractivity contribution in [3.05, 3.63) is 47.1 Å². The molecule has 0 aromatic heterocycles. The third kappa shape index (κ3) is 3.97. The molecule has 4 aliphatic carbocycles. The number of carbonyl (C=O) groups is 1. The van der Waals surface area contributed by atoms with Crippen molar-refractivity contribution < 1.29 is 9.53 Å². The predicted molar refractivity (Wildman–Crippen MR) is 133 cm³/mol. The van der Waals surface area contributed by atoms with E-state index in [0.29, 0.717) is 29.1 Å². The highest BCUT2D eigenvalue weighted by molar-refractivity contribution is 5.66. The molecule has 2 nitrogen and oxygen atoms in total. The van der Waals surface area contributed by atoms with E-state index >= 15 is 0 Å². The van der Waals surface area contributed by atoms with Gasteiger partial charge in [-0.3, -0.25) is 4.79 Å². The summed E-state index contributed by atoms with van der Waals surface area (Å²) in [7, 11) is 0. The standard InChI is InChI=1S/C30H44O2/c1-19(2)20(3)8-9-21(4)26-12-13-27-25-11-10-23-18-24(32-22(5)31)14-16-29(23,6)28(25)15-17-30(26,27)7/h8-11,15,19-21,24,26-27H,12-14,16-18H2,1-7H3/b9-8-. The van der Waals surface area contributed by atoms with E-state index in [1.54, 1.807) is 11.1 Å². The van der Waals surface area contributed by atoms with Gasteiger partial charge in [-0.1, -0.05) is 77.5 Å². The van der Waals surface area contributed by atoms with Gasteiger partial charge in [0.2, 0.25) is 0 Å². The third-order valence-electron chi connectivity index (χ3n) is 9.76. The highest BCUT2D eigenvalue weighted by atomic mass is 16.5. The summed E-state index contributed by atoms with van der Waals surface area (Å²) in [5.74, 6) is 3.25. The van der Waals surface area contributed by atoms with Gasteiger partial charge in [-0.25, -0.2) is 0 Å². The van der Waals surface area contributed by atoms with E-state index in [2.05, 4.69) is 71.9 Å². The van der Waals surface area contributed by atoms with Crippen LogP contribution in [0.2, 0.25) is 0 Å². The molecule has 0 heterocycles. The molecule has 4 rings (SSSR count). The number of ether oxygens (including phenoxy) is 1. The zero-order valence-electron chi connectivity index (χ0n) is 21.4. The minimum atomic E-state index is -0.151. The Bertz CT molecular complexity index is 871. The van der Waals surface area contributed by atoms with E-state index < -0.39 is 0 Å². The highest BCUT2D eigenvalue weighted by Gasteiger charge is 2.54. The molecule has 0 aromatic rings. The van der Waals surface area contributed by atoms with Crippen LogP contribution in [0.3, 0.4) is 0 Å². The topological polar surface area (TPSA) is 26.3 Å². The normalized spacial score (nSPS) is 38.2. The molecule has 176 valence electrons. The lowest BCUT2D eigenvalue weighted by Crippen LogP contribution is -2.41. The first kappa shape index (κ1) is 23.6. The molecular weight excluding hydrogens is 392 g/mol. The molecule has 0 spiro atoms. The monoisotopic (exact) mass is 436 g/mol. The molecule has 4 aliphatic rings. The molecule has 0 aromatic carbocycles. The molecule has 0 bridgehead atoms. The van der Waals surface area contributed by atoms with Crippen LogP contribution in [-0.4, -0.2) is 12.1 Å². The van der Waals surface area contributed by atoms with E-state index in [1.807, 2.05) is 0 Å². The van der Waals surface area contributed by atoms with Crippen molar-refractivity contribution in [3.8, 4) is 0 Å². The Hall–Kier alpha value is -1.57. The fourth-order valence-corrected chi connectivity index (χ4v) is 7.28. The first-order valence-electron chi connectivity index (χ1n) is 13.0. The van der Waals surface area contributed by atoms with Crippen molar-refractivity contribution in [2.45, 2.75) is 93.1 Å². The average Bonchev–Trinajstić information content (AvgIpc) is 3.08. The van der Waals surface area contributed by atoms with Gasteiger partial charge in [-0.05, 0) is 78.3 Å². The first-order chi connectivity index (χ1) is 15.1. The van der Waals surface area contributed by atoms with Crippen LogP contribution in [0, 0.1) is 40.4 Å². The molecule has 32 heavy (non-hydrogen) atoms. The molecule has 7 atom stereocenters. The van der Waals surface area contributed by atoms with Crippen molar-refractivity contribution in [3.63, 3.8) is 0 Å². The van der Waals surface area contributed by atoms with Gasteiger partial charge in [0.15, 0.2) is 0 Å². The van der Waals surface area contributed by atoms with Crippen molar-refractivity contribution in [2.24, 2.45) is 40.4 Å². The lowest BCUT2D eigenvalue weighted by molar-refractivity contribution is -0.147. The summed E-state index contributed by atoms with van der Waals surface area (Å²) in [6, 6.07) is 0. The minimum absolute atomic E-state index is 0.0490. The molecule has 0 aliphatic heterocycles. The number of hydrogen-bond donors (Lipinski definition) is 0. The Morgan fingerprint density at radius 1 is 1.09 bits per heavy atom. The quantitative estimate of drug-likeness (QED) is 0.324. The summed E-state index contributed by atoms with van der Waals surface area (Å²) < 4.78 is 5.58. The number of esters is 1. The van der Waals surface area contributed by atoms with Crippen LogP contribution in [0.4, 0.5) is 0 Å². The fraction of sp³-hybridized carbons (Fsp3) is 0.700. The molecule has 2 fully saturated rings. The molecule has 0 N–H and O–H groups in total. The average molecular weight is 437 g/mol. The first-order valence-corrected chi connectivity index (χ1v) is 13.0. The maximum absolute atomic E-state index is 11.5. The second-order valence-electron chi connectivity index (χ2n) is 12.0. The van der Waals surface area contributed by atoms with E-state index in [-0.39, 0.29) is 17.5 Å². The van der Waals surface area contributed by atoms with Crippen molar-refractivity contribution in [2.75, 3.05) is 0 Å². The summed E-state index contributed by atoms with van der Waals surface area (Å²) in [4.78, 5) is 11.5. The van der Waals surface area contributed by atoms with Crippen LogP contribution in [0.15, 0.2) is 47.1 Å². The molecule has 0 radical (unpaired) electrons. The Morgan fingerprint density at radius 3 is 2.53 bits per heavy atom. The van der Waals surface area contributed by atoms with Crippen LogP contribution in [0.25, 0.3) is 0 Å². The van der Waals surface area contributed by atoms with Crippen LogP contribution < -0.4 is 0 Å². The van der Waals surface area contributed by atoms with E-state index in [1.165, 1.54) is 31.8 Å². The van der Waals surface area contributed by atoms with Gasteiger partial charge in [0.1, 0.15) is 6.10 Å². The van der Waals surface area contributed by atoms with Crippen LogP contribution >= 0.6 is 0 Å². The number of hydrogen-bond acceptors (Lipinski definition) is 2. The largest absolute Gasteiger partial charge is 0.462 e. The zero-order chi connectivity index (χ0) is 23.3. The Kier molecular flexibility index (Phi) is 6.38. The lowest BCUT2D eigenvalue weighted by Gasteiger charge is -2.50. The van der Waals surface area contributed by atoms with E-state index in [0.717, 1.165) is 25.2 Å². The summed E-state index contributed by atoms with van der Waals surface area (Å²) in [6.45, 7) is 16.0. The van der Waals surface area contributed by atoms with Gasteiger partial charge < -0.3 is 4.74 Å². The van der Waals surface area contributed by atoms with E-state index in [4.69, 9.17) is 4.74 Å². The van der Waals surface area contributed by atoms with Gasteiger partial charge in [-0.2, -0.15) is 0 Å². The molecule has 7 unspecified atom stereocenters. The Labute approximate surface area is 196 Å². The van der Waals surface area contributed by atoms with Crippen LogP contribution in [-0.2, 0) is 9.53 Å². The molecule has 0 amide bonds. The van der Waals surface area contributed by atoms with Gasteiger partial charge in [-0.15, -0.1) is 0 Å². The summed E-state index contributed by atoms with van der Waals surface area (Å²) >= 11 is 0. The maximum Gasteiger partial charge on any atom is 0.302 e. The number of allylic oxidation sites excluding steroid dienone is 7. The second-order valence-corrected chi connectivity index (χ2v) is 12.0. The summed E-state index contributed by atoms with van der Waals surface area (Å²) in [5.41, 5.74) is 5.15. The maximum atomic E-state index is 11.5. The number of fused-ring (bicyclic) bond motifs is 5. The Balaban J connectivity index is 1.57. The predicted octanol–water partition coefficient (Wildman–Crippen LogP) is 7.82. The van der Waals surface area contributed by atoms with Crippen LogP contribution in [0.5, 0.6) is 0 Å². The smallest absolute Gasteiger partial charge is 0.302 e.